The first-order valence-corrected chi connectivity index (χ1v) is 12.5. The minimum Gasteiger partial charge on any atom is -0.462 e. The van der Waals surface area contributed by atoms with E-state index in [0.717, 1.165) is 69.0 Å². The van der Waals surface area contributed by atoms with Crippen LogP contribution < -0.4 is 4.90 Å². The average molecular weight is 481 g/mol. The Labute approximate surface area is 207 Å². The van der Waals surface area contributed by atoms with Crippen LogP contribution in [0.2, 0.25) is 5.02 Å². The Morgan fingerprint density at radius 1 is 1.06 bits per heavy atom. The number of esters is 1. The van der Waals surface area contributed by atoms with Crippen molar-refractivity contribution in [1.29, 1.82) is 0 Å². The highest BCUT2D eigenvalue weighted by Crippen LogP contribution is 2.42. The average Bonchev–Trinajstić information content (AvgIpc) is 2.86. The summed E-state index contributed by atoms with van der Waals surface area (Å²) in [5, 5.41) is 0.742. The molecule has 4 rings (SSSR count). The zero-order valence-corrected chi connectivity index (χ0v) is 20.8. The highest BCUT2D eigenvalue weighted by molar-refractivity contribution is 6.30. The van der Waals surface area contributed by atoms with E-state index < -0.39 is 0 Å². The molecule has 1 aliphatic heterocycles. The van der Waals surface area contributed by atoms with Gasteiger partial charge in [-0.2, -0.15) is 0 Å². The predicted octanol–water partition coefficient (Wildman–Crippen LogP) is 5.48. The number of hydrogen-bond donors (Lipinski definition) is 0. The summed E-state index contributed by atoms with van der Waals surface area (Å²) < 4.78 is 5.08. The number of halogens is 1. The maximum Gasteiger partial charge on any atom is 0.338 e. The monoisotopic (exact) mass is 480 g/mol. The van der Waals surface area contributed by atoms with Crippen LogP contribution in [0.15, 0.2) is 54.1 Å². The topological polar surface area (TPSA) is 49.9 Å². The summed E-state index contributed by atoms with van der Waals surface area (Å²) in [6.07, 6.45) is 3.75. The lowest BCUT2D eigenvalue weighted by Crippen LogP contribution is -2.47. The number of anilines is 1. The summed E-state index contributed by atoms with van der Waals surface area (Å²) in [5.41, 5.74) is 5.38. The predicted molar refractivity (Wildman–Crippen MR) is 137 cm³/mol. The first-order valence-electron chi connectivity index (χ1n) is 12.1. The third-order valence-corrected chi connectivity index (χ3v) is 7.25. The van der Waals surface area contributed by atoms with Crippen molar-refractivity contribution in [3.05, 3.63) is 70.3 Å². The van der Waals surface area contributed by atoms with Gasteiger partial charge >= 0.3 is 5.97 Å². The summed E-state index contributed by atoms with van der Waals surface area (Å²) in [5.74, 6) is -0.279. The third-order valence-electron chi connectivity index (χ3n) is 7.00. The van der Waals surface area contributed by atoms with Gasteiger partial charge in [0.25, 0.3) is 0 Å². The number of aldehydes is 1. The molecule has 0 aromatic heterocycles. The van der Waals surface area contributed by atoms with E-state index in [0.29, 0.717) is 12.2 Å². The Bertz CT molecular complexity index is 1040. The van der Waals surface area contributed by atoms with E-state index in [1.165, 1.54) is 16.7 Å². The Balaban J connectivity index is 1.43. The summed E-state index contributed by atoms with van der Waals surface area (Å²) in [7, 11) is 0. The number of ether oxygens (including phenoxy) is 1. The quantitative estimate of drug-likeness (QED) is 0.388. The van der Waals surface area contributed by atoms with Gasteiger partial charge in [0.15, 0.2) is 0 Å². The van der Waals surface area contributed by atoms with Gasteiger partial charge in [-0.05, 0) is 73.7 Å². The number of benzene rings is 2. The van der Waals surface area contributed by atoms with Gasteiger partial charge in [-0.1, -0.05) is 36.2 Å². The van der Waals surface area contributed by atoms with Crippen molar-refractivity contribution in [3.63, 3.8) is 0 Å². The zero-order chi connectivity index (χ0) is 24.1. The summed E-state index contributed by atoms with van der Waals surface area (Å²) >= 11 is 6.11. The molecule has 0 bridgehead atoms. The fourth-order valence-corrected chi connectivity index (χ4v) is 5.10. The molecular weight excluding hydrogens is 448 g/mol. The fourth-order valence-electron chi connectivity index (χ4n) is 4.98. The number of nitrogens with zero attached hydrogens (tertiary/aromatic N) is 2. The second kappa shape index (κ2) is 10.7. The summed E-state index contributed by atoms with van der Waals surface area (Å²) in [4.78, 5) is 28.6. The third kappa shape index (κ3) is 5.70. The van der Waals surface area contributed by atoms with Gasteiger partial charge in [0.1, 0.15) is 6.29 Å². The number of rotatable bonds is 7. The first-order chi connectivity index (χ1) is 16.4. The van der Waals surface area contributed by atoms with E-state index in [2.05, 4.69) is 28.9 Å². The van der Waals surface area contributed by atoms with Crippen LogP contribution >= 0.6 is 11.6 Å². The molecule has 0 N–H and O–H groups in total. The van der Waals surface area contributed by atoms with Crippen molar-refractivity contribution < 1.29 is 14.3 Å². The minimum atomic E-state index is -0.284. The van der Waals surface area contributed by atoms with E-state index >= 15 is 0 Å². The Morgan fingerprint density at radius 3 is 2.35 bits per heavy atom. The van der Waals surface area contributed by atoms with E-state index in [-0.39, 0.29) is 11.4 Å². The first kappa shape index (κ1) is 24.5. The lowest BCUT2D eigenvalue weighted by Gasteiger charge is -2.39. The van der Waals surface area contributed by atoms with E-state index in [4.69, 9.17) is 16.3 Å². The Hall–Kier alpha value is -2.63. The molecule has 1 saturated heterocycles. The van der Waals surface area contributed by atoms with Crippen molar-refractivity contribution in [3.8, 4) is 0 Å². The standard InChI is InChI=1S/C28H33ClN2O3/c1-3-34-27(33)22-6-10-25(11-7-22)31-16-14-30(15-17-31)19-23-18-28(2,20-32)13-12-26(23)21-4-8-24(29)9-5-21/h4-11,20H,3,12-19H2,1-2H3. The molecule has 0 saturated carbocycles. The molecule has 0 amide bonds. The summed E-state index contributed by atoms with van der Waals surface area (Å²) in [6.45, 7) is 8.91. The van der Waals surface area contributed by atoms with Gasteiger partial charge in [-0.25, -0.2) is 4.79 Å². The normalized spacial score (nSPS) is 21.4. The van der Waals surface area contributed by atoms with Gasteiger partial charge in [-0.3, -0.25) is 4.90 Å². The van der Waals surface area contributed by atoms with Crippen LogP contribution in [0.3, 0.4) is 0 Å². The molecule has 2 aliphatic rings. The lowest BCUT2D eigenvalue weighted by molar-refractivity contribution is -0.115. The van der Waals surface area contributed by atoms with Crippen LogP contribution in [0.25, 0.3) is 5.57 Å². The van der Waals surface area contributed by atoms with Gasteiger partial charge in [0.2, 0.25) is 0 Å². The van der Waals surface area contributed by atoms with E-state index in [9.17, 15) is 9.59 Å². The fraction of sp³-hybridized carbons (Fsp3) is 0.429. The van der Waals surface area contributed by atoms with Crippen molar-refractivity contribution in [2.45, 2.75) is 33.1 Å². The van der Waals surface area contributed by atoms with Gasteiger partial charge in [0, 0.05) is 48.8 Å². The number of carbonyl (C=O) groups is 2. The van der Waals surface area contributed by atoms with Crippen LogP contribution in [-0.2, 0) is 9.53 Å². The second-order valence-corrected chi connectivity index (χ2v) is 10.0. The molecule has 2 aromatic carbocycles. The molecular formula is C28H33ClN2O3. The SMILES string of the molecule is CCOC(=O)c1ccc(N2CCN(CC3=C(c4ccc(Cl)cc4)CCC(C)(C=O)C3)CC2)cc1. The molecule has 1 atom stereocenters. The largest absolute Gasteiger partial charge is 0.462 e. The molecule has 5 nitrogen and oxygen atoms in total. The van der Waals surface area contributed by atoms with Crippen molar-refractivity contribution in [2.24, 2.45) is 5.41 Å². The molecule has 1 fully saturated rings. The molecule has 34 heavy (non-hydrogen) atoms. The maximum atomic E-state index is 11.9. The van der Waals surface area contributed by atoms with Gasteiger partial charge in [-0.15, -0.1) is 0 Å². The van der Waals surface area contributed by atoms with Crippen LogP contribution in [0.4, 0.5) is 5.69 Å². The van der Waals surface area contributed by atoms with Crippen LogP contribution in [0.1, 0.15) is 49.0 Å². The molecule has 0 spiro atoms. The molecule has 6 heteroatoms. The molecule has 2 aromatic rings. The van der Waals surface area contributed by atoms with Crippen LogP contribution in [0, 0.1) is 5.41 Å². The van der Waals surface area contributed by atoms with Crippen LogP contribution in [-0.4, -0.2) is 56.5 Å². The zero-order valence-electron chi connectivity index (χ0n) is 20.1. The molecule has 0 radical (unpaired) electrons. The van der Waals surface area contributed by atoms with Gasteiger partial charge in [0.05, 0.1) is 12.2 Å². The van der Waals surface area contributed by atoms with Crippen LogP contribution in [0.5, 0.6) is 0 Å². The Kier molecular flexibility index (Phi) is 7.74. The number of allylic oxidation sites excluding steroid dienone is 1. The van der Waals surface area contributed by atoms with Gasteiger partial charge < -0.3 is 14.4 Å². The van der Waals surface area contributed by atoms with E-state index in [1.807, 2.05) is 43.3 Å². The Morgan fingerprint density at radius 2 is 1.74 bits per heavy atom. The number of carbonyl (C=O) groups excluding carboxylic acids is 2. The smallest absolute Gasteiger partial charge is 0.338 e. The molecule has 1 heterocycles. The molecule has 1 aliphatic carbocycles. The van der Waals surface area contributed by atoms with Crippen molar-refractivity contribution in [2.75, 3.05) is 44.2 Å². The highest BCUT2D eigenvalue weighted by atomic mass is 35.5. The molecule has 1 unspecified atom stereocenters. The number of piperazine rings is 1. The van der Waals surface area contributed by atoms with E-state index in [1.54, 1.807) is 0 Å². The highest BCUT2D eigenvalue weighted by Gasteiger charge is 2.32. The molecule has 180 valence electrons. The second-order valence-electron chi connectivity index (χ2n) is 9.57. The van der Waals surface area contributed by atoms with Crippen molar-refractivity contribution in [1.82, 2.24) is 4.90 Å². The minimum absolute atomic E-state index is 0.279. The summed E-state index contributed by atoms with van der Waals surface area (Å²) in [6, 6.07) is 15.8. The van der Waals surface area contributed by atoms with Crippen molar-refractivity contribution >= 4 is 35.1 Å². The number of hydrogen-bond acceptors (Lipinski definition) is 5. The lowest BCUT2D eigenvalue weighted by atomic mass is 9.72. The maximum absolute atomic E-state index is 11.9.